The van der Waals surface area contributed by atoms with Crippen LogP contribution in [-0.2, 0) is 34.2 Å². The smallest absolute Gasteiger partial charge is 0.286 e. The Morgan fingerprint density at radius 1 is 1.05 bits per heavy atom. The van der Waals surface area contributed by atoms with Crippen LogP contribution in [0.1, 0.15) is 75.6 Å². The number of thioether (sulfide) groups is 2. The number of oxazole rings is 1. The summed E-state index contributed by atoms with van der Waals surface area (Å²) < 4.78 is 11.9. The molecule has 1 atom stereocenters. The number of hydrogen-bond donors (Lipinski definition) is 2. The Labute approximate surface area is 244 Å². The van der Waals surface area contributed by atoms with Crippen LogP contribution >= 0.6 is 23.5 Å². The molecule has 214 valence electrons. The van der Waals surface area contributed by atoms with Gasteiger partial charge in [0.25, 0.3) is 5.24 Å². The summed E-state index contributed by atoms with van der Waals surface area (Å²) in [5.74, 6) is 2.92. The van der Waals surface area contributed by atoms with Crippen LogP contribution < -0.4 is 10.1 Å². The molecule has 0 saturated carbocycles. The molecule has 2 N–H and O–H groups in total. The number of nitrogens with one attached hydrogen (secondary N) is 1. The number of benzene rings is 2. The fourth-order valence-corrected chi connectivity index (χ4v) is 6.17. The minimum atomic E-state index is -0.378. The zero-order valence-corrected chi connectivity index (χ0v) is 25.8. The van der Waals surface area contributed by atoms with Crippen molar-refractivity contribution in [2.45, 2.75) is 88.0 Å². The number of nitrogens with zero attached hydrogens (tertiary/aromatic N) is 1. The summed E-state index contributed by atoms with van der Waals surface area (Å²) in [6.45, 7) is 15.1. The fourth-order valence-electron chi connectivity index (χ4n) is 4.49. The molecule has 2 heterocycles. The molecular formula is C31H38N2O5S2. The first-order valence-electron chi connectivity index (χ1n) is 13.4. The number of aromatic hydroxyl groups is 1. The molecule has 1 unspecified atom stereocenters. The topological polar surface area (TPSA) is 102 Å². The first kappa shape index (κ1) is 30.1. The van der Waals surface area contributed by atoms with Crippen molar-refractivity contribution in [2.75, 3.05) is 6.61 Å². The van der Waals surface area contributed by atoms with E-state index in [0.29, 0.717) is 36.8 Å². The minimum Gasteiger partial charge on any atom is -0.507 e. The standard InChI is InChI=1S/C31H38N2O5S2/c1-18-24(12-13-37-20-10-8-19(9-11-20)14-25-28(35)33-29(36)40-25)32-26(38-18)17-39-21-15-22(30(2,3)4)27(34)23(16-21)31(5,6)7/h8-11,15-16,25,34H,12-14,17H2,1-7H3,(H,33,35,36). The molecule has 1 aromatic heterocycles. The van der Waals surface area contributed by atoms with E-state index in [1.165, 1.54) is 0 Å². The van der Waals surface area contributed by atoms with Gasteiger partial charge in [-0.2, -0.15) is 0 Å². The molecule has 0 spiro atoms. The number of phenolic OH excluding ortho intramolecular Hbond substituents is 1. The Bertz CT molecular complexity index is 1350. The molecule has 2 amide bonds. The van der Waals surface area contributed by atoms with E-state index in [1.807, 2.05) is 31.2 Å². The summed E-state index contributed by atoms with van der Waals surface area (Å²) in [6, 6.07) is 11.7. The van der Waals surface area contributed by atoms with E-state index in [1.54, 1.807) is 11.8 Å². The minimum absolute atomic E-state index is 0.181. The van der Waals surface area contributed by atoms with Gasteiger partial charge < -0.3 is 14.3 Å². The number of ether oxygens (including phenoxy) is 1. The van der Waals surface area contributed by atoms with Crippen LogP contribution in [0.2, 0.25) is 0 Å². The molecule has 1 aliphatic rings. The van der Waals surface area contributed by atoms with E-state index in [0.717, 1.165) is 50.6 Å². The summed E-state index contributed by atoms with van der Waals surface area (Å²) in [5.41, 5.74) is 3.36. The quantitative estimate of drug-likeness (QED) is 0.258. The van der Waals surface area contributed by atoms with Crippen LogP contribution in [-0.4, -0.2) is 33.1 Å². The van der Waals surface area contributed by atoms with Gasteiger partial charge >= 0.3 is 0 Å². The average molecular weight is 583 g/mol. The molecule has 4 rings (SSSR count). The Hall–Kier alpha value is -2.91. The third-order valence-electron chi connectivity index (χ3n) is 6.72. The molecule has 2 aromatic carbocycles. The van der Waals surface area contributed by atoms with Crippen LogP contribution in [0.3, 0.4) is 0 Å². The lowest BCUT2D eigenvalue weighted by molar-refractivity contribution is -0.118. The van der Waals surface area contributed by atoms with Gasteiger partial charge in [0.05, 0.1) is 23.3 Å². The third-order valence-corrected chi connectivity index (χ3v) is 8.66. The van der Waals surface area contributed by atoms with E-state index in [9.17, 15) is 14.7 Å². The molecule has 1 saturated heterocycles. The number of aryl methyl sites for hydroxylation is 1. The Balaban J connectivity index is 1.33. The van der Waals surface area contributed by atoms with E-state index >= 15 is 0 Å². The zero-order valence-electron chi connectivity index (χ0n) is 24.2. The maximum Gasteiger partial charge on any atom is 0.286 e. The van der Waals surface area contributed by atoms with Gasteiger partial charge in [0.15, 0.2) is 0 Å². The highest BCUT2D eigenvalue weighted by molar-refractivity contribution is 8.15. The van der Waals surface area contributed by atoms with E-state index in [-0.39, 0.29) is 27.2 Å². The summed E-state index contributed by atoms with van der Waals surface area (Å²) in [4.78, 5) is 28.9. The summed E-state index contributed by atoms with van der Waals surface area (Å²) in [5, 5.41) is 12.6. The molecule has 7 nitrogen and oxygen atoms in total. The second-order valence-corrected chi connectivity index (χ2v) is 14.3. The molecule has 0 radical (unpaired) electrons. The Kier molecular flexibility index (Phi) is 8.95. The molecule has 0 bridgehead atoms. The van der Waals surface area contributed by atoms with Gasteiger partial charge in [-0.15, -0.1) is 11.8 Å². The van der Waals surface area contributed by atoms with E-state index in [4.69, 9.17) is 14.1 Å². The lowest BCUT2D eigenvalue weighted by Crippen LogP contribution is -2.25. The predicted molar refractivity (Wildman–Crippen MR) is 161 cm³/mol. The maximum absolute atomic E-state index is 11.8. The number of hydrogen-bond acceptors (Lipinski definition) is 8. The highest BCUT2D eigenvalue weighted by Gasteiger charge is 2.31. The fraction of sp³-hybridized carbons (Fsp3) is 0.452. The molecular weight excluding hydrogens is 544 g/mol. The van der Waals surface area contributed by atoms with Crippen LogP contribution in [0.5, 0.6) is 11.5 Å². The second-order valence-electron chi connectivity index (χ2n) is 12.1. The molecule has 1 aliphatic heterocycles. The first-order valence-corrected chi connectivity index (χ1v) is 15.3. The van der Waals surface area contributed by atoms with Gasteiger partial charge in [0, 0.05) is 22.4 Å². The van der Waals surface area contributed by atoms with Gasteiger partial charge in [0.2, 0.25) is 11.8 Å². The maximum atomic E-state index is 11.8. The molecule has 0 aliphatic carbocycles. The largest absolute Gasteiger partial charge is 0.507 e. The SMILES string of the molecule is Cc1oc(CSc2cc(C(C)(C)C)c(O)c(C(C)(C)C)c2)nc1CCOc1ccc(CC2SC(=O)NC2=O)cc1. The van der Waals surface area contributed by atoms with Gasteiger partial charge in [0.1, 0.15) is 17.3 Å². The van der Waals surface area contributed by atoms with Gasteiger partial charge in [-0.05, 0) is 54.0 Å². The van der Waals surface area contributed by atoms with Crippen LogP contribution in [0.15, 0.2) is 45.7 Å². The van der Waals surface area contributed by atoms with Gasteiger partial charge in [-0.1, -0.05) is 65.4 Å². The van der Waals surface area contributed by atoms with Crippen molar-refractivity contribution >= 4 is 34.7 Å². The molecule has 40 heavy (non-hydrogen) atoms. The summed E-state index contributed by atoms with van der Waals surface area (Å²) >= 11 is 2.69. The first-order chi connectivity index (χ1) is 18.7. The van der Waals surface area contributed by atoms with Crippen molar-refractivity contribution in [1.29, 1.82) is 0 Å². The zero-order chi connectivity index (χ0) is 29.2. The van der Waals surface area contributed by atoms with Crippen molar-refractivity contribution in [3.05, 3.63) is 70.4 Å². The van der Waals surface area contributed by atoms with Crippen molar-refractivity contribution < 1.29 is 23.8 Å². The lowest BCUT2D eigenvalue weighted by atomic mass is 9.79. The van der Waals surface area contributed by atoms with E-state index < -0.39 is 0 Å². The third kappa shape index (κ3) is 7.43. The highest BCUT2D eigenvalue weighted by atomic mass is 32.2. The molecule has 9 heteroatoms. The van der Waals surface area contributed by atoms with Crippen molar-refractivity contribution in [2.24, 2.45) is 0 Å². The van der Waals surface area contributed by atoms with E-state index in [2.05, 4.69) is 59.0 Å². The Morgan fingerprint density at radius 3 is 2.23 bits per heavy atom. The molecule has 3 aromatic rings. The van der Waals surface area contributed by atoms with Gasteiger partial charge in [-0.25, -0.2) is 4.98 Å². The van der Waals surface area contributed by atoms with Gasteiger partial charge in [-0.3, -0.25) is 14.9 Å². The highest BCUT2D eigenvalue weighted by Crippen LogP contribution is 2.42. The van der Waals surface area contributed by atoms with Crippen LogP contribution in [0, 0.1) is 6.92 Å². The summed E-state index contributed by atoms with van der Waals surface area (Å²) in [6.07, 6.45) is 1.12. The van der Waals surface area contributed by atoms with Crippen LogP contribution in [0.25, 0.3) is 0 Å². The Morgan fingerprint density at radius 2 is 1.68 bits per heavy atom. The van der Waals surface area contributed by atoms with Crippen LogP contribution in [0.4, 0.5) is 4.79 Å². The number of phenols is 1. The van der Waals surface area contributed by atoms with Crippen molar-refractivity contribution in [1.82, 2.24) is 10.3 Å². The normalized spacial score (nSPS) is 15.9. The predicted octanol–water partition coefficient (Wildman–Crippen LogP) is 7.09. The molecule has 1 fully saturated rings. The number of amides is 2. The van der Waals surface area contributed by atoms with Crippen molar-refractivity contribution in [3.8, 4) is 11.5 Å². The number of rotatable bonds is 9. The van der Waals surface area contributed by atoms with Crippen molar-refractivity contribution in [3.63, 3.8) is 0 Å². The monoisotopic (exact) mass is 582 g/mol. The average Bonchev–Trinajstić information content (AvgIpc) is 3.37. The number of carbonyl (C=O) groups is 2. The lowest BCUT2D eigenvalue weighted by Gasteiger charge is -2.28. The number of carbonyl (C=O) groups excluding carboxylic acids is 2. The number of aromatic nitrogens is 1. The second kappa shape index (κ2) is 11.9. The number of imide groups is 1. The summed E-state index contributed by atoms with van der Waals surface area (Å²) in [7, 11) is 0.